The molecule has 2 nitrogen and oxygen atoms in total. The standard InChI is InChI=1S/C10H17NO/c1-3-6-11(2)9-10-4-7-12-8-5-10/h1,10H,4-9H2,2H3. The van der Waals surface area contributed by atoms with Crippen LogP contribution in [0.4, 0.5) is 0 Å². The van der Waals surface area contributed by atoms with E-state index in [2.05, 4.69) is 17.9 Å². The zero-order valence-electron chi connectivity index (χ0n) is 7.75. The minimum absolute atomic E-state index is 0.761. The van der Waals surface area contributed by atoms with Crippen LogP contribution in [0, 0.1) is 18.3 Å². The minimum atomic E-state index is 0.761. The lowest BCUT2D eigenvalue weighted by Crippen LogP contribution is -2.29. The summed E-state index contributed by atoms with van der Waals surface area (Å²) >= 11 is 0. The number of hydrogen-bond donors (Lipinski definition) is 0. The van der Waals surface area contributed by atoms with Gasteiger partial charge < -0.3 is 4.74 Å². The Hall–Kier alpha value is -0.520. The Kier molecular flexibility index (Phi) is 4.13. The Balaban J connectivity index is 2.16. The summed E-state index contributed by atoms with van der Waals surface area (Å²) in [4.78, 5) is 2.20. The predicted octanol–water partition coefficient (Wildman–Crippen LogP) is 0.978. The molecule has 1 fully saturated rings. The molecule has 1 saturated heterocycles. The number of hydrogen-bond acceptors (Lipinski definition) is 2. The summed E-state index contributed by atoms with van der Waals surface area (Å²) in [7, 11) is 2.08. The highest BCUT2D eigenvalue weighted by atomic mass is 16.5. The molecule has 0 aromatic carbocycles. The van der Waals surface area contributed by atoms with Gasteiger partial charge in [0.05, 0.1) is 6.54 Å². The third kappa shape index (κ3) is 3.25. The van der Waals surface area contributed by atoms with E-state index in [1.165, 1.54) is 12.8 Å². The molecule has 0 N–H and O–H groups in total. The van der Waals surface area contributed by atoms with Gasteiger partial charge in [0.1, 0.15) is 0 Å². The second-order valence-corrected chi connectivity index (χ2v) is 3.46. The van der Waals surface area contributed by atoms with Crippen LogP contribution in [0.25, 0.3) is 0 Å². The van der Waals surface area contributed by atoms with E-state index >= 15 is 0 Å². The first kappa shape index (κ1) is 9.57. The molecule has 0 radical (unpaired) electrons. The third-order valence-corrected chi connectivity index (χ3v) is 2.27. The Morgan fingerprint density at radius 3 is 2.75 bits per heavy atom. The van der Waals surface area contributed by atoms with Gasteiger partial charge in [0, 0.05) is 19.8 Å². The van der Waals surface area contributed by atoms with Gasteiger partial charge in [-0.05, 0) is 25.8 Å². The van der Waals surface area contributed by atoms with E-state index in [1.807, 2.05) is 0 Å². The molecule has 1 rings (SSSR count). The van der Waals surface area contributed by atoms with E-state index in [0.717, 1.165) is 32.2 Å². The van der Waals surface area contributed by atoms with Crippen LogP contribution in [0.15, 0.2) is 0 Å². The molecule has 0 amide bonds. The number of terminal acetylenes is 1. The molecular weight excluding hydrogens is 150 g/mol. The van der Waals surface area contributed by atoms with Crippen LogP contribution in [0.5, 0.6) is 0 Å². The minimum Gasteiger partial charge on any atom is -0.381 e. The second-order valence-electron chi connectivity index (χ2n) is 3.46. The van der Waals surface area contributed by atoms with Crippen molar-refractivity contribution in [2.45, 2.75) is 12.8 Å². The summed E-state index contributed by atoms with van der Waals surface area (Å²) in [5, 5.41) is 0. The monoisotopic (exact) mass is 167 g/mol. The molecule has 0 saturated carbocycles. The first-order chi connectivity index (χ1) is 5.83. The molecule has 12 heavy (non-hydrogen) atoms. The van der Waals surface area contributed by atoms with E-state index < -0.39 is 0 Å². The fourth-order valence-electron chi connectivity index (χ4n) is 1.59. The van der Waals surface area contributed by atoms with Gasteiger partial charge in [0.15, 0.2) is 0 Å². The van der Waals surface area contributed by atoms with Crippen molar-refractivity contribution in [1.29, 1.82) is 0 Å². The lowest BCUT2D eigenvalue weighted by molar-refractivity contribution is 0.0571. The normalized spacial score (nSPS) is 19.4. The Labute approximate surface area is 74.9 Å². The van der Waals surface area contributed by atoms with Crippen LogP contribution < -0.4 is 0 Å². The summed E-state index contributed by atoms with van der Waals surface area (Å²) < 4.78 is 5.28. The summed E-state index contributed by atoms with van der Waals surface area (Å²) in [5.74, 6) is 3.44. The third-order valence-electron chi connectivity index (χ3n) is 2.27. The molecule has 1 aliphatic rings. The lowest BCUT2D eigenvalue weighted by Gasteiger charge is -2.25. The van der Waals surface area contributed by atoms with Gasteiger partial charge in [-0.3, -0.25) is 4.90 Å². The van der Waals surface area contributed by atoms with E-state index in [9.17, 15) is 0 Å². The molecule has 0 aromatic heterocycles. The maximum Gasteiger partial charge on any atom is 0.0596 e. The van der Waals surface area contributed by atoms with Gasteiger partial charge in [-0.15, -0.1) is 6.42 Å². The molecule has 0 aliphatic carbocycles. The summed E-state index contributed by atoms with van der Waals surface area (Å²) in [6, 6.07) is 0. The van der Waals surface area contributed by atoms with Gasteiger partial charge in [0.2, 0.25) is 0 Å². The molecule has 0 spiro atoms. The maximum atomic E-state index is 5.28. The fraction of sp³-hybridized carbons (Fsp3) is 0.800. The molecule has 0 unspecified atom stereocenters. The van der Waals surface area contributed by atoms with Crippen LogP contribution in [0.3, 0.4) is 0 Å². The quantitative estimate of drug-likeness (QED) is 0.581. The highest BCUT2D eigenvalue weighted by Crippen LogP contribution is 2.14. The zero-order valence-corrected chi connectivity index (χ0v) is 7.75. The first-order valence-electron chi connectivity index (χ1n) is 4.52. The van der Waals surface area contributed by atoms with E-state index in [1.54, 1.807) is 0 Å². The van der Waals surface area contributed by atoms with Gasteiger partial charge in [-0.25, -0.2) is 0 Å². The smallest absolute Gasteiger partial charge is 0.0596 e. The van der Waals surface area contributed by atoms with Gasteiger partial charge >= 0.3 is 0 Å². The number of ether oxygens (including phenoxy) is 1. The molecular formula is C10H17NO. The van der Waals surface area contributed by atoms with Crippen molar-refractivity contribution in [3.8, 4) is 12.3 Å². The van der Waals surface area contributed by atoms with Gasteiger partial charge in [-0.1, -0.05) is 5.92 Å². The molecule has 2 heteroatoms. The Morgan fingerprint density at radius 1 is 1.50 bits per heavy atom. The second kappa shape index (κ2) is 5.18. The average molecular weight is 167 g/mol. The number of nitrogens with zero attached hydrogens (tertiary/aromatic N) is 1. The topological polar surface area (TPSA) is 12.5 Å². The largest absolute Gasteiger partial charge is 0.381 e. The van der Waals surface area contributed by atoms with E-state index in [-0.39, 0.29) is 0 Å². The van der Waals surface area contributed by atoms with Crippen LogP contribution in [-0.4, -0.2) is 38.3 Å². The summed E-state index contributed by atoms with van der Waals surface area (Å²) in [6.07, 6.45) is 7.60. The van der Waals surface area contributed by atoms with Crippen molar-refractivity contribution in [3.05, 3.63) is 0 Å². The number of rotatable bonds is 3. The van der Waals surface area contributed by atoms with E-state index in [0.29, 0.717) is 0 Å². The molecule has 1 aliphatic heterocycles. The van der Waals surface area contributed by atoms with Crippen molar-refractivity contribution in [2.24, 2.45) is 5.92 Å². The average Bonchev–Trinajstić information content (AvgIpc) is 2.06. The van der Waals surface area contributed by atoms with Crippen LogP contribution in [-0.2, 0) is 4.74 Å². The predicted molar refractivity (Wildman–Crippen MR) is 49.9 cm³/mol. The van der Waals surface area contributed by atoms with Crippen molar-refractivity contribution < 1.29 is 4.74 Å². The highest BCUT2D eigenvalue weighted by molar-refractivity contribution is 4.87. The molecule has 0 atom stereocenters. The molecule has 1 heterocycles. The summed E-state index contributed by atoms with van der Waals surface area (Å²) in [5.41, 5.74) is 0. The zero-order chi connectivity index (χ0) is 8.81. The maximum absolute atomic E-state index is 5.28. The molecule has 0 aromatic rings. The van der Waals surface area contributed by atoms with Crippen molar-refractivity contribution in [2.75, 3.05) is 33.4 Å². The van der Waals surface area contributed by atoms with Gasteiger partial charge in [0.25, 0.3) is 0 Å². The highest BCUT2D eigenvalue weighted by Gasteiger charge is 2.14. The summed E-state index contributed by atoms with van der Waals surface area (Å²) in [6.45, 7) is 3.73. The van der Waals surface area contributed by atoms with Crippen LogP contribution in [0.2, 0.25) is 0 Å². The first-order valence-corrected chi connectivity index (χ1v) is 4.52. The molecule has 0 bridgehead atoms. The van der Waals surface area contributed by atoms with Crippen molar-refractivity contribution >= 4 is 0 Å². The Bertz CT molecular complexity index is 156. The van der Waals surface area contributed by atoms with Gasteiger partial charge in [-0.2, -0.15) is 0 Å². The van der Waals surface area contributed by atoms with Crippen molar-refractivity contribution in [1.82, 2.24) is 4.90 Å². The van der Waals surface area contributed by atoms with E-state index in [4.69, 9.17) is 11.2 Å². The molecule has 68 valence electrons. The Morgan fingerprint density at radius 2 is 2.17 bits per heavy atom. The van der Waals surface area contributed by atoms with Crippen molar-refractivity contribution in [3.63, 3.8) is 0 Å². The van der Waals surface area contributed by atoms with Crippen LogP contribution >= 0.6 is 0 Å². The van der Waals surface area contributed by atoms with Crippen LogP contribution in [0.1, 0.15) is 12.8 Å². The SMILES string of the molecule is C#CCN(C)CC1CCOCC1. The lowest BCUT2D eigenvalue weighted by atomic mass is 10.00. The fourth-order valence-corrected chi connectivity index (χ4v) is 1.59.